The molecule has 0 spiro atoms. The van der Waals surface area contributed by atoms with Crippen LogP contribution in [0.25, 0.3) is 17.2 Å². The number of aromatic nitrogens is 3. The lowest BCUT2D eigenvalue weighted by atomic mass is 10.2. The molecule has 0 bridgehead atoms. The number of hydrogen-bond donors (Lipinski definition) is 1. The zero-order valence-electron chi connectivity index (χ0n) is 8.80. The maximum absolute atomic E-state index is 10.9. The Kier molecular flexibility index (Phi) is 2.95. The summed E-state index contributed by atoms with van der Waals surface area (Å²) in [5.41, 5.74) is 2.48. The second-order valence-corrected chi connectivity index (χ2v) is 3.22. The Hall–Kier alpha value is -2.17. The van der Waals surface area contributed by atoms with E-state index in [9.17, 15) is 4.79 Å². The number of pyridine rings is 1. The average Bonchev–Trinajstić information content (AvgIpc) is 2.76. The molecule has 0 aliphatic heterocycles. The van der Waals surface area contributed by atoms with Crippen LogP contribution in [-0.2, 0) is 9.53 Å². The van der Waals surface area contributed by atoms with Gasteiger partial charge in [0.25, 0.3) is 0 Å². The topological polar surface area (TPSA) is 67.9 Å². The molecule has 2 aromatic heterocycles. The van der Waals surface area contributed by atoms with Crippen LogP contribution in [0.4, 0.5) is 0 Å². The number of rotatable bonds is 3. The summed E-state index contributed by atoms with van der Waals surface area (Å²) >= 11 is 0. The van der Waals surface area contributed by atoms with Crippen molar-refractivity contribution in [3.8, 4) is 0 Å². The molecule has 0 aliphatic carbocycles. The van der Waals surface area contributed by atoms with E-state index in [4.69, 9.17) is 0 Å². The number of esters is 1. The van der Waals surface area contributed by atoms with Crippen molar-refractivity contribution in [2.75, 3.05) is 7.11 Å². The van der Waals surface area contributed by atoms with E-state index in [1.54, 1.807) is 18.6 Å². The molecule has 0 saturated carbocycles. The Morgan fingerprint density at radius 1 is 1.56 bits per heavy atom. The number of ether oxygens (including phenoxy) is 1. The molecule has 0 amide bonds. The van der Waals surface area contributed by atoms with Gasteiger partial charge in [0.1, 0.15) is 0 Å². The van der Waals surface area contributed by atoms with Crippen LogP contribution in [0.2, 0.25) is 0 Å². The molecule has 5 heteroatoms. The van der Waals surface area contributed by atoms with E-state index < -0.39 is 0 Å². The van der Waals surface area contributed by atoms with Crippen molar-refractivity contribution >= 4 is 23.2 Å². The third kappa shape index (κ3) is 2.25. The van der Waals surface area contributed by atoms with Gasteiger partial charge >= 0.3 is 5.97 Å². The summed E-state index contributed by atoms with van der Waals surface area (Å²) in [5, 5.41) is 0. The highest BCUT2D eigenvalue weighted by Crippen LogP contribution is 2.09. The monoisotopic (exact) mass is 217 g/mol. The van der Waals surface area contributed by atoms with E-state index in [-0.39, 0.29) is 12.4 Å². The lowest BCUT2D eigenvalue weighted by Gasteiger charge is -1.94. The summed E-state index contributed by atoms with van der Waals surface area (Å²) in [4.78, 5) is 22.0. The minimum Gasteiger partial charge on any atom is -0.469 e. The molecular formula is C11H11N3O2. The van der Waals surface area contributed by atoms with Gasteiger partial charge in [0.15, 0.2) is 5.65 Å². The third-order valence-electron chi connectivity index (χ3n) is 2.12. The number of nitrogens with one attached hydrogen (secondary N) is 1. The predicted octanol–water partition coefficient (Wildman–Crippen LogP) is 1.53. The normalized spacial score (nSPS) is 11.1. The highest BCUT2D eigenvalue weighted by Gasteiger charge is 1.98. The van der Waals surface area contributed by atoms with Crippen molar-refractivity contribution in [2.24, 2.45) is 0 Å². The number of H-pyrrole nitrogens is 1. The fourth-order valence-electron chi connectivity index (χ4n) is 1.31. The molecule has 0 unspecified atom stereocenters. The highest BCUT2D eigenvalue weighted by molar-refractivity contribution is 5.75. The maximum Gasteiger partial charge on any atom is 0.309 e. The molecule has 0 saturated heterocycles. The van der Waals surface area contributed by atoms with Crippen LogP contribution in [0.15, 0.2) is 24.7 Å². The molecule has 16 heavy (non-hydrogen) atoms. The van der Waals surface area contributed by atoms with Gasteiger partial charge in [-0.25, -0.2) is 9.97 Å². The van der Waals surface area contributed by atoms with Gasteiger partial charge in [0, 0.05) is 6.20 Å². The Morgan fingerprint density at radius 3 is 3.25 bits per heavy atom. The van der Waals surface area contributed by atoms with Crippen LogP contribution in [0.1, 0.15) is 12.0 Å². The first-order chi connectivity index (χ1) is 7.79. The second kappa shape index (κ2) is 4.57. The van der Waals surface area contributed by atoms with Gasteiger partial charge in [-0.1, -0.05) is 12.2 Å². The quantitative estimate of drug-likeness (QED) is 0.792. The molecule has 0 atom stereocenters. The van der Waals surface area contributed by atoms with Crippen LogP contribution < -0.4 is 0 Å². The Labute approximate surface area is 92.2 Å². The first-order valence-corrected chi connectivity index (χ1v) is 4.82. The van der Waals surface area contributed by atoms with Gasteiger partial charge in [0.05, 0.1) is 25.4 Å². The number of fused-ring (bicyclic) bond motifs is 1. The minimum absolute atomic E-state index is 0.258. The zero-order valence-corrected chi connectivity index (χ0v) is 8.80. The number of methoxy groups -OCH3 is 1. The predicted molar refractivity (Wildman–Crippen MR) is 59.6 cm³/mol. The third-order valence-corrected chi connectivity index (χ3v) is 2.12. The SMILES string of the molecule is COC(=O)CC=Cc1cnc2nc[nH]c2c1. The summed E-state index contributed by atoms with van der Waals surface area (Å²) in [6.07, 6.45) is 7.13. The molecular weight excluding hydrogens is 206 g/mol. The van der Waals surface area contributed by atoms with E-state index in [2.05, 4.69) is 19.7 Å². The smallest absolute Gasteiger partial charge is 0.309 e. The summed E-state index contributed by atoms with van der Waals surface area (Å²) in [5.74, 6) is -0.258. The Bertz CT molecular complexity index is 531. The van der Waals surface area contributed by atoms with E-state index in [1.165, 1.54) is 7.11 Å². The number of nitrogens with zero attached hydrogens (tertiary/aromatic N) is 2. The van der Waals surface area contributed by atoms with Crippen molar-refractivity contribution < 1.29 is 9.53 Å². The highest BCUT2D eigenvalue weighted by atomic mass is 16.5. The van der Waals surface area contributed by atoms with Crippen molar-refractivity contribution in [3.05, 3.63) is 30.2 Å². The van der Waals surface area contributed by atoms with Crippen LogP contribution in [-0.4, -0.2) is 28.0 Å². The van der Waals surface area contributed by atoms with E-state index >= 15 is 0 Å². The van der Waals surface area contributed by atoms with Gasteiger partial charge in [-0.3, -0.25) is 4.79 Å². The lowest BCUT2D eigenvalue weighted by molar-refractivity contribution is -0.139. The standard InChI is InChI=1S/C11H11N3O2/c1-16-10(15)4-2-3-8-5-9-11(12-6-8)14-7-13-9/h2-3,5-7H,4H2,1H3,(H,12,13,14). The molecule has 2 heterocycles. The lowest BCUT2D eigenvalue weighted by Crippen LogP contribution is -1.96. The molecule has 0 aliphatic rings. The van der Waals surface area contributed by atoms with Gasteiger partial charge in [0.2, 0.25) is 0 Å². The van der Waals surface area contributed by atoms with Crippen LogP contribution >= 0.6 is 0 Å². The van der Waals surface area contributed by atoms with Crippen molar-refractivity contribution in [2.45, 2.75) is 6.42 Å². The molecule has 0 aromatic carbocycles. The van der Waals surface area contributed by atoms with Crippen LogP contribution in [0, 0.1) is 0 Å². The van der Waals surface area contributed by atoms with E-state index in [1.807, 2.05) is 12.1 Å². The Morgan fingerprint density at radius 2 is 2.44 bits per heavy atom. The minimum atomic E-state index is -0.258. The van der Waals surface area contributed by atoms with Crippen molar-refractivity contribution in [3.63, 3.8) is 0 Å². The first-order valence-electron chi connectivity index (χ1n) is 4.82. The largest absolute Gasteiger partial charge is 0.469 e. The summed E-state index contributed by atoms with van der Waals surface area (Å²) < 4.78 is 4.52. The van der Waals surface area contributed by atoms with Crippen molar-refractivity contribution in [1.29, 1.82) is 0 Å². The molecule has 1 N–H and O–H groups in total. The number of carbonyl (C=O) groups is 1. The second-order valence-electron chi connectivity index (χ2n) is 3.22. The maximum atomic E-state index is 10.9. The van der Waals surface area contributed by atoms with Crippen LogP contribution in [0.5, 0.6) is 0 Å². The molecule has 5 nitrogen and oxygen atoms in total. The fourth-order valence-corrected chi connectivity index (χ4v) is 1.31. The number of carbonyl (C=O) groups excluding carboxylic acids is 1. The summed E-state index contributed by atoms with van der Waals surface area (Å²) in [7, 11) is 1.37. The van der Waals surface area contributed by atoms with Gasteiger partial charge in [-0.2, -0.15) is 0 Å². The molecule has 82 valence electrons. The fraction of sp³-hybridized carbons (Fsp3) is 0.182. The number of hydrogen-bond acceptors (Lipinski definition) is 4. The molecule has 2 rings (SSSR count). The van der Waals surface area contributed by atoms with Gasteiger partial charge in [-0.15, -0.1) is 0 Å². The first kappa shape index (κ1) is 10.4. The van der Waals surface area contributed by atoms with E-state index in [0.29, 0.717) is 5.65 Å². The summed E-state index contributed by atoms with van der Waals surface area (Å²) in [6.45, 7) is 0. The summed E-state index contributed by atoms with van der Waals surface area (Å²) in [6, 6.07) is 1.92. The van der Waals surface area contributed by atoms with Gasteiger partial charge < -0.3 is 9.72 Å². The van der Waals surface area contributed by atoms with Crippen LogP contribution in [0.3, 0.4) is 0 Å². The zero-order chi connectivity index (χ0) is 11.4. The van der Waals surface area contributed by atoms with E-state index in [0.717, 1.165) is 11.1 Å². The number of aromatic amines is 1. The van der Waals surface area contributed by atoms with Gasteiger partial charge in [-0.05, 0) is 11.6 Å². The molecule has 0 radical (unpaired) electrons. The van der Waals surface area contributed by atoms with Crippen molar-refractivity contribution in [1.82, 2.24) is 15.0 Å². The average molecular weight is 217 g/mol. The molecule has 2 aromatic rings. The Balaban J connectivity index is 2.11. The molecule has 0 fully saturated rings. The number of imidazole rings is 1.